The molecule has 10 fully saturated rings. The topological polar surface area (TPSA) is 17.1 Å². The number of rotatable bonds is 3. The summed E-state index contributed by atoms with van der Waals surface area (Å²) in [6.07, 6.45) is 4.13. The number of allylic oxidation sites excluding steroid dienone is 1. The molecule has 10 heterocycles. The normalized spacial score (nSPS) is 98.8. The molecule has 1 aromatic rings. The average Bonchev–Trinajstić information content (AvgIpc) is 3.46. The first-order valence-electron chi connectivity index (χ1n) is 8.53. The van der Waals surface area contributed by atoms with Crippen LogP contribution in [-0.4, -0.2) is 5.78 Å². The SMILES string of the molecule is O=C(C=Cc1ccccc1)[C]12[CH]3[CH]4[CH]5[CH]1[Fe]45321678[CH]2[CH]1[CH]6[CH]7[CH]28. The van der Waals surface area contributed by atoms with Gasteiger partial charge in [0.2, 0.25) is 0 Å². The van der Waals surface area contributed by atoms with Gasteiger partial charge < -0.3 is 0 Å². The van der Waals surface area contributed by atoms with Gasteiger partial charge in [0.25, 0.3) is 0 Å². The molecular formula is C19H16FeO. The zero-order chi connectivity index (χ0) is 13.1. The summed E-state index contributed by atoms with van der Waals surface area (Å²) in [6.45, 7) is -3.19. The zero-order valence-corrected chi connectivity index (χ0v) is 12.6. The van der Waals surface area contributed by atoms with Crippen LogP contribution in [0, 0.1) is 0 Å². The summed E-state index contributed by atoms with van der Waals surface area (Å²) in [5.41, 5.74) is 1.19. The number of fused-ring (bicyclic) bond motifs is 10. The van der Waals surface area contributed by atoms with Crippen molar-refractivity contribution < 1.29 is 11.3 Å². The van der Waals surface area contributed by atoms with Crippen LogP contribution in [-0.2, 0) is 11.3 Å². The van der Waals surface area contributed by atoms with Crippen LogP contribution in [0.1, 0.15) is 5.56 Å². The van der Waals surface area contributed by atoms with Crippen LogP contribution in [0.2, 0.25) is 47.7 Å². The fourth-order valence-corrected chi connectivity index (χ4v) is 91.6. The third kappa shape index (κ3) is 0.105. The van der Waals surface area contributed by atoms with E-state index in [0.717, 1.165) is 9.63 Å². The zero-order valence-electron chi connectivity index (χ0n) is 11.5. The molecule has 0 saturated carbocycles. The molecule has 0 aliphatic carbocycles. The second-order valence-corrected chi connectivity index (χ2v) is 35.3. The van der Waals surface area contributed by atoms with Crippen molar-refractivity contribution in [3.05, 3.63) is 42.0 Å². The molecule has 4 unspecified atom stereocenters. The molecule has 1 spiro atoms. The molecule has 10 saturated heterocycles. The van der Waals surface area contributed by atoms with E-state index in [4.69, 9.17) is 0 Å². The summed E-state index contributed by atoms with van der Waals surface area (Å²) >= 11 is 0. The predicted molar refractivity (Wildman–Crippen MR) is 76.9 cm³/mol. The molecule has 0 radical (unpaired) electrons. The number of carbonyl (C=O) groups excluding carboxylic acids is 1. The summed E-state index contributed by atoms with van der Waals surface area (Å²) in [7, 11) is 0. The van der Waals surface area contributed by atoms with Crippen LogP contribution in [0.25, 0.3) is 6.08 Å². The van der Waals surface area contributed by atoms with E-state index in [1.165, 1.54) is 39.3 Å². The van der Waals surface area contributed by atoms with Gasteiger partial charge in [-0.2, -0.15) is 0 Å². The number of carbonyl (C=O) groups is 1. The van der Waals surface area contributed by atoms with E-state index in [1.807, 2.05) is 12.1 Å². The first-order chi connectivity index (χ1) is 10.0. The van der Waals surface area contributed by atoms with Crippen LogP contribution in [0.15, 0.2) is 36.4 Å². The maximum absolute atomic E-state index is 13.3. The fraction of sp³-hybridized carbons (Fsp3) is 0.526. The van der Waals surface area contributed by atoms with E-state index in [0.29, 0.717) is 10.1 Å². The molecule has 2 heteroatoms. The van der Waals surface area contributed by atoms with E-state index < -0.39 is 6.51 Å². The standard InChI is InChI=1S/C14H11O.C5H5.Fe/c15-14(13-8-4-5-9-13)11-10-12-6-2-1-3-7-12;1-2-4-5-3-1;/h1-11H;1-5H;. The summed E-state index contributed by atoms with van der Waals surface area (Å²) in [6, 6.07) is 10.4. The number of benzene rings is 1. The Kier molecular flexibility index (Phi) is 0.300. The van der Waals surface area contributed by atoms with Crippen molar-refractivity contribution in [3.63, 3.8) is 0 Å². The van der Waals surface area contributed by atoms with Gasteiger partial charge in [0, 0.05) is 0 Å². The molecule has 0 bridgehead atoms. The van der Waals surface area contributed by atoms with Crippen LogP contribution >= 0.6 is 0 Å². The van der Waals surface area contributed by atoms with Crippen LogP contribution in [0.4, 0.5) is 0 Å². The van der Waals surface area contributed by atoms with Crippen LogP contribution in [0.3, 0.4) is 0 Å². The number of ketones is 1. The predicted octanol–water partition coefficient (Wildman–Crippen LogP) is 5.03. The van der Waals surface area contributed by atoms with E-state index in [2.05, 4.69) is 30.3 Å². The monoisotopic (exact) mass is 316 g/mol. The van der Waals surface area contributed by atoms with Gasteiger partial charge in [0.1, 0.15) is 0 Å². The third-order valence-corrected chi connectivity index (χ3v) is 58.6. The van der Waals surface area contributed by atoms with Crippen molar-refractivity contribution in [2.75, 3.05) is 0 Å². The maximum atomic E-state index is 13.3. The second kappa shape index (κ2) is 0.776. The van der Waals surface area contributed by atoms with Crippen LogP contribution in [0.5, 0.6) is 0 Å². The molecule has 10 aliphatic rings. The number of hydrogen-bond acceptors (Lipinski definition) is 1. The third-order valence-electron chi connectivity index (χ3n) is 16.3. The minimum atomic E-state index is -3.19. The molecule has 11 rings (SSSR count). The van der Waals surface area contributed by atoms with Crippen LogP contribution < -0.4 is 0 Å². The summed E-state index contributed by atoms with van der Waals surface area (Å²) in [5.74, 6) is 0.637. The summed E-state index contributed by atoms with van der Waals surface area (Å²) in [5, 5.41) is 0. The Morgan fingerprint density at radius 1 is 0.905 bits per heavy atom. The van der Waals surface area contributed by atoms with Crippen molar-refractivity contribution >= 4 is 11.9 Å². The molecule has 0 aromatic heterocycles. The van der Waals surface area contributed by atoms with Gasteiger partial charge in [-0.05, 0) is 0 Å². The number of hydrogen-bond donors (Lipinski definition) is 0. The molecule has 4 atom stereocenters. The van der Waals surface area contributed by atoms with Gasteiger partial charge in [0.15, 0.2) is 0 Å². The first kappa shape index (κ1) is 8.13. The van der Waals surface area contributed by atoms with Crippen molar-refractivity contribution in [1.29, 1.82) is 0 Å². The average molecular weight is 316 g/mol. The van der Waals surface area contributed by atoms with Gasteiger partial charge in [-0.15, -0.1) is 0 Å². The van der Waals surface area contributed by atoms with E-state index in [1.54, 1.807) is 0 Å². The molecule has 1 nitrogen and oxygen atoms in total. The molecular weight excluding hydrogens is 300 g/mol. The van der Waals surface area contributed by atoms with Gasteiger partial charge >= 0.3 is 113 Å². The van der Waals surface area contributed by atoms with Gasteiger partial charge in [0.05, 0.1) is 0 Å². The van der Waals surface area contributed by atoms with E-state index in [9.17, 15) is 4.79 Å². The Morgan fingerprint density at radius 2 is 1.48 bits per heavy atom. The Labute approximate surface area is 113 Å². The minimum absolute atomic E-state index is 0.407. The van der Waals surface area contributed by atoms with Crippen molar-refractivity contribution in [3.8, 4) is 0 Å². The quantitative estimate of drug-likeness (QED) is 0.565. The second-order valence-electron chi connectivity index (χ2n) is 11.8. The van der Waals surface area contributed by atoms with Crippen molar-refractivity contribution in [2.24, 2.45) is 0 Å². The molecule has 21 heavy (non-hydrogen) atoms. The van der Waals surface area contributed by atoms with Gasteiger partial charge in [-0.1, -0.05) is 0 Å². The fourth-order valence-electron chi connectivity index (χ4n) is 17.7. The summed E-state index contributed by atoms with van der Waals surface area (Å²) in [4.78, 5) is 24.3. The molecule has 10 aliphatic heterocycles. The molecule has 0 amide bonds. The summed E-state index contributed by atoms with van der Waals surface area (Å²) < 4.78 is 0.407. The van der Waals surface area contributed by atoms with Gasteiger partial charge in [-0.3, -0.25) is 0 Å². The van der Waals surface area contributed by atoms with Crippen molar-refractivity contribution in [2.45, 2.75) is 47.7 Å². The molecule has 0 N–H and O–H groups in total. The Bertz CT molecular complexity index is 1190. The first-order valence-corrected chi connectivity index (χ1v) is 14.8. The Morgan fingerprint density at radius 3 is 1.90 bits per heavy atom. The molecule has 1 aromatic carbocycles. The van der Waals surface area contributed by atoms with Crippen molar-refractivity contribution in [1.82, 2.24) is 0 Å². The van der Waals surface area contributed by atoms with E-state index >= 15 is 0 Å². The molecule has 106 valence electrons. The Balaban J connectivity index is 1.23. The van der Waals surface area contributed by atoms with E-state index in [-0.39, 0.29) is 0 Å². The van der Waals surface area contributed by atoms with Gasteiger partial charge in [-0.25, -0.2) is 0 Å². The Hall–Kier alpha value is -0.851.